The first-order valence-electron chi connectivity index (χ1n) is 18.8. The van der Waals surface area contributed by atoms with E-state index in [1.54, 1.807) is 0 Å². The SMILES string of the molecule is c1ccc(-c2ccc(-c3ccc4c(c3)oc3cc5c6ccccc6n(-c6ccccc6)c5cc34)c(-c3nc(-c4ccccc4)nc(-c4ccccc4)n3)c2)cc1. The molecule has 3 aromatic heterocycles. The Morgan fingerprint density at radius 3 is 1.59 bits per heavy atom. The predicted molar refractivity (Wildman–Crippen MR) is 229 cm³/mol. The fraction of sp³-hybridized carbons (Fsp3) is 0. The number of benzene rings is 8. The van der Waals surface area contributed by atoms with E-state index in [0.29, 0.717) is 17.5 Å². The average molecular weight is 717 g/mol. The van der Waals surface area contributed by atoms with Gasteiger partial charge in [0.05, 0.1) is 11.0 Å². The van der Waals surface area contributed by atoms with Crippen molar-refractivity contribution >= 4 is 43.7 Å². The lowest BCUT2D eigenvalue weighted by Crippen LogP contribution is -2.01. The van der Waals surface area contributed by atoms with Crippen LogP contribution >= 0.6 is 0 Å². The molecular formula is C51H32N4O. The van der Waals surface area contributed by atoms with Crippen LogP contribution in [0.4, 0.5) is 0 Å². The molecule has 3 heterocycles. The summed E-state index contributed by atoms with van der Waals surface area (Å²) in [6.45, 7) is 0. The fourth-order valence-electron chi connectivity index (χ4n) is 7.98. The average Bonchev–Trinajstić information content (AvgIpc) is 3.80. The maximum atomic E-state index is 6.73. The summed E-state index contributed by atoms with van der Waals surface area (Å²) < 4.78 is 9.08. The number of furan rings is 1. The van der Waals surface area contributed by atoms with Gasteiger partial charge in [-0.25, -0.2) is 15.0 Å². The van der Waals surface area contributed by atoms with Gasteiger partial charge in [0.15, 0.2) is 17.5 Å². The lowest BCUT2D eigenvalue weighted by Gasteiger charge is -2.14. The van der Waals surface area contributed by atoms with E-state index in [0.717, 1.165) is 77.5 Å². The Bertz CT molecular complexity index is 3170. The van der Waals surface area contributed by atoms with Crippen LogP contribution in [-0.4, -0.2) is 19.5 Å². The van der Waals surface area contributed by atoms with Crippen molar-refractivity contribution in [3.8, 4) is 62.1 Å². The van der Waals surface area contributed by atoms with Crippen LogP contribution in [0.15, 0.2) is 199 Å². The highest BCUT2D eigenvalue weighted by atomic mass is 16.3. The number of hydrogen-bond acceptors (Lipinski definition) is 4. The Morgan fingerprint density at radius 2 is 0.893 bits per heavy atom. The van der Waals surface area contributed by atoms with Gasteiger partial charge in [-0.05, 0) is 70.8 Å². The monoisotopic (exact) mass is 716 g/mol. The summed E-state index contributed by atoms with van der Waals surface area (Å²) in [5.74, 6) is 1.85. The standard InChI is InChI=1S/C51H32N4O/c1-5-15-33(16-6-1)36-25-27-39(44(29-36)51-53-49(34-17-7-2-8-18-34)52-50(54-51)35-19-9-3-10-20-35)37-26-28-41-43-31-46-42(32-48(43)56-47(41)30-37)40-23-13-14-24-45(40)55(46)38-21-11-4-12-22-38/h1-32H. The van der Waals surface area contributed by atoms with Crippen molar-refractivity contribution in [2.75, 3.05) is 0 Å². The van der Waals surface area contributed by atoms with E-state index < -0.39 is 0 Å². The van der Waals surface area contributed by atoms with E-state index >= 15 is 0 Å². The second-order valence-corrected chi connectivity index (χ2v) is 14.0. The van der Waals surface area contributed by atoms with Crippen LogP contribution < -0.4 is 0 Å². The number of rotatable bonds is 6. The molecule has 0 saturated heterocycles. The third-order valence-electron chi connectivity index (χ3n) is 10.7. The minimum absolute atomic E-state index is 0.603. The largest absolute Gasteiger partial charge is 0.456 e. The summed E-state index contributed by atoms with van der Waals surface area (Å²) in [7, 11) is 0. The number of hydrogen-bond donors (Lipinski definition) is 0. The lowest BCUT2D eigenvalue weighted by molar-refractivity contribution is 0.669. The fourth-order valence-corrected chi connectivity index (χ4v) is 7.98. The van der Waals surface area contributed by atoms with Crippen molar-refractivity contribution in [2.45, 2.75) is 0 Å². The Hall–Kier alpha value is -7.63. The highest BCUT2D eigenvalue weighted by Gasteiger charge is 2.20. The molecule has 0 aliphatic carbocycles. The lowest BCUT2D eigenvalue weighted by atomic mass is 9.93. The first-order chi connectivity index (χ1) is 27.7. The van der Waals surface area contributed by atoms with Crippen LogP contribution in [0.5, 0.6) is 0 Å². The molecule has 0 N–H and O–H groups in total. The summed E-state index contributed by atoms with van der Waals surface area (Å²) in [5.41, 5.74) is 12.1. The van der Waals surface area contributed by atoms with Crippen LogP contribution in [0, 0.1) is 0 Å². The highest BCUT2D eigenvalue weighted by Crippen LogP contribution is 2.41. The molecular weight excluding hydrogens is 685 g/mol. The van der Waals surface area contributed by atoms with E-state index in [9.17, 15) is 0 Å². The molecule has 0 saturated carbocycles. The van der Waals surface area contributed by atoms with Gasteiger partial charge in [0.1, 0.15) is 11.2 Å². The molecule has 0 aliphatic heterocycles. The van der Waals surface area contributed by atoms with Gasteiger partial charge in [-0.3, -0.25) is 0 Å². The number of para-hydroxylation sites is 2. The van der Waals surface area contributed by atoms with Crippen molar-refractivity contribution in [3.05, 3.63) is 194 Å². The Morgan fingerprint density at radius 1 is 0.321 bits per heavy atom. The van der Waals surface area contributed by atoms with Crippen LogP contribution in [-0.2, 0) is 0 Å². The van der Waals surface area contributed by atoms with Gasteiger partial charge in [0.2, 0.25) is 0 Å². The molecule has 0 amide bonds. The number of fused-ring (bicyclic) bond motifs is 6. The minimum Gasteiger partial charge on any atom is -0.456 e. The van der Waals surface area contributed by atoms with Gasteiger partial charge in [0, 0.05) is 43.9 Å². The molecule has 0 aliphatic rings. The molecule has 8 aromatic carbocycles. The molecule has 11 aromatic rings. The topological polar surface area (TPSA) is 56.7 Å². The van der Waals surface area contributed by atoms with Gasteiger partial charge in [0.25, 0.3) is 0 Å². The smallest absolute Gasteiger partial charge is 0.164 e. The van der Waals surface area contributed by atoms with Gasteiger partial charge >= 0.3 is 0 Å². The summed E-state index contributed by atoms with van der Waals surface area (Å²) in [6, 6.07) is 67.4. The van der Waals surface area contributed by atoms with Gasteiger partial charge < -0.3 is 8.98 Å². The van der Waals surface area contributed by atoms with E-state index in [1.807, 2.05) is 66.7 Å². The second-order valence-electron chi connectivity index (χ2n) is 14.0. The van der Waals surface area contributed by atoms with Crippen molar-refractivity contribution in [1.29, 1.82) is 0 Å². The molecule has 0 bridgehead atoms. The summed E-state index contributed by atoms with van der Waals surface area (Å²) in [4.78, 5) is 15.3. The third-order valence-corrected chi connectivity index (χ3v) is 10.7. The summed E-state index contributed by atoms with van der Waals surface area (Å²) in [5, 5.41) is 4.50. The zero-order valence-corrected chi connectivity index (χ0v) is 30.2. The highest BCUT2D eigenvalue weighted by molar-refractivity contribution is 6.17. The van der Waals surface area contributed by atoms with E-state index in [-0.39, 0.29) is 0 Å². The van der Waals surface area contributed by atoms with Gasteiger partial charge in [-0.1, -0.05) is 146 Å². The normalized spacial score (nSPS) is 11.6. The van der Waals surface area contributed by atoms with Gasteiger partial charge in [-0.2, -0.15) is 0 Å². The minimum atomic E-state index is 0.603. The van der Waals surface area contributed by atoms with Crippen molar-refractivity contribution in [1.82, 2.24) is 19.5 Å². The van der Waals surface area contributed by atoms with E-state index in [1.165, 1.54) is 10.9 Å². The van der Waals surface area contributed by atoms with Crippen LogP contribution in [0.1, 0.15) is 0 Å². The number of nitrogens with zero attached hydrogens (tertiary/aromatic N) is 4. The second kappa shape index (κ2) is 13.0. The molecule has 262 valence electrons. The number of aromatic nitrogens is 4. The summed E-state index contributed by atoms with van der Waals surface area (Å²) in [6.07, 6.45) is 0. The van der Waals surface area contributed by atoms with Crippen molar-refractivity contribution in [2.24, 2.45) is 0 Å². The molecule has 5 nitrogen and oxygen atoms in total. The molecule has 5 heteroatoms. The molecule has 0 radical (unpaired) electrons. The zero-order chi connectivity index (χ0) is 37.0. The van der Waals surface area contributed by atoms with E-state index in [2.05, 4.69) is 132 Å². The molecule has 0 atom stereocenters. The van der Waals surface area contributed by atoms with Crippen molar-refractivity contribution < 1.29 is 4.42 Å². The molecule has 0 unspecified atom stereocenters. The first kappa shape index (κ1) is 31.9. The van der Waals surface area contributed by atoms with Crippen LogP contribution in [0.25, 0.3) is 106 Å². The zero-order valence-electron chi connectivity index (χ0n) is 30.2. The quantitative estimate of drug-likeness (QED) is 0.172. The van der Waals surface area contributed by atoms with Crippen LogP contribution in [0.2, 0.25) is 0 Å². The molecule has 56 heavy (non-hydrogen) atoms. The van der Waals surface area contributed by atoms with E-state index in [4.69, 9.17) is 19.4 Å². The first-order valence-corrected chi connectivity index (χ1v) is 18.8. The Balaban J connectivity index is 1.12. The Kier molecular flexibility index (Phi) is 7.42. The maximum Gasteiger partial charge on any atom is 0.164 e. The predicted octanol–water partition coefficient (Wildman–Crippen LogP) is 13.2. The molecule has 0 spiro atoms. The maximum absolute atomic E-state index is 6.73. The van der Waals surface area contributed by atoms with Crippen LogP contribution in [0.3, 0.4) is 0 Å². The van der Waals surface area contributed by atoms with Crippen molar-refractivity contribution in [3.63, 3.8) is 0 Å². The molecule has 11 rings (SSSR count). The third kappa shape index (κ3) is 5.37. The Labute approximate surface area is 322 Å². The molecule has 0 fully saturated rings. The van der Waals surface area contributed by atoms with Gasteiger partial charge in [-0.15, -0.1) is 0 Å². The summed E-state index contributed by atoms with van der Waals surface area (Å²) >= 11 is 0.